The molecule has 5 nitrogen and oxygen atoms in total. The lowest BCUT2D eigenvalue weighted by Crippen LogP contribution is -2.15. The maximum atomic E-state index is 11.0. The summed E-state index contributed by atoms with van der Waals surface area (Å²) >= 11 is 0. The van der Waals surface area contributed by atoms with E-state index in [0.717, 1.165) is 36.3 Å². The molecule has 0 fully saturated rings. The number of benzene rings is 1. The number of aromatic carboxylic acids is 1. The van der Waals surface area contributed by atoms with E-state index in [2.05, 4.69) is 4.58 Å². The third kappa shape index (κ3) is 5.31. The van der Waals surface area contributed by atoms with Crippen molar-refractivity contribution in [2.75, 3.05) is 6.54 Å². The van der Waals surface area contributed by atoms with Gasteiger partial charge in [-0.25, -0.2) is 9.37 Å². The van der Waals surface area contributed by atoms with Crippen LogP contribution in [0.2, 0.25) is 0 Å². The number of hydrogen-bond donors (Lipinski definition) is 2. The lowest BCUT2D eigenvalue weighted by Gasteiger charge is -2.08. The van der Waals surface area contributed by atoms with E-state index in [4.69, 9.17) is 10.2 Å². The van der Waals surface area contributed by atoms with Crippen LogP contribution in [0.4, 0.5) is 5.69 Å². The van der Waals surface area contributed by atoms with E-state index < -0.39 is 11.9 Å². The highest BCUT2D eigenvalue weighted by atomic mass is 16.4. The first-order valence-electron chi connectivity index (χ1n) is 7.46. The minimum atomic E-state index is -0.924. The van der Waals surface area contributed by atoms with Crippen LogP contribution in [0.5, 0.6) is 0 Å². The highest BCUT2D eigenvalue weighted by Crippen LogP contribution is 2.21. The predicted octanol–water partition coefficient (Wildman–Crippen LogP) is 3.46. The van der Waals surface area contributed by atoms with E-state index in [1.54, 1.807) is 12.1 Å². The molecule has 0 aliphatic heterocycles. The van der Waals surface area contributed by atoms with Crippen molar-refractivity contribution < 1.29 is 24.4 Å². The zero-order chi connectivity index (χ0) is 16.7. The molecule has 0 aliphatic carbocycles. The largest absolute Gasteiger partial charge is 0.481 e. The summed E-state index contributed by atoms with van der Waals surface area (Å²) in [4.78, 5) is 21.5. The molecule has 0 radical (unpaired) electrons. The van der Waals surface area contributed by atoms with Gasteiger partial charge in [0.2, 0.25) is 5.69 Å². The van der Waals surface area contributed by atoms with Crippen molar-refractivity contribution >= 4 is 23.3 Å². The van der Waals surface area contributed by atoms with E-state index >= 15 is 0 Å². The summed E-state index contributed by atoms with van der Waals surface area (Å²) in [7, 11) is 0. The predicted molar refractivity (Wildman–Crippen MR) is 85.4 cm³/mol. The quantitative estimate of drug-likeness (QED) is 0.438. The Morgan fingerprint density at radius 2 is 1.77 bits per heavy atom. The van der Waals surface area contributed by atoms with Crippen molar-refractivity contribution in [3.8, 4) is 0 Å². The molecule has 0 aliphatic rings. The summed E-state index contributed by atoms with van der Waals surface area (Å²) in [6.07, 6.45) is 2.66. The van der Waals surface area contributed by atoms with E-state index in [-0.39, 0.29) is 12.0 Å². The molecule has 0 bridgehead atoms. The Kier molecular flexibility index (Phi) is 6.76. The van der Waals surface area contributed by atoms with Gasteiger partial charge in [0.05, 0.1) is 5.56 Å². The van der Waals surface area contributed by atoms with Gasteiger partial charge in [0.1, 0.15) is 6.54 Å². The third-order valence-corrected chi connectivity index (χ3v) is 3.55. The van der Waals surface area contributed by atoms with Gasteiger partial charge in [-0.3, -0.25) is 4.79 Å². The van der Waals surface area contributed by atoms with Crippen LogP contribution in [0.25, 0.3) is 0 Å². The van der Waals surface area contributed by atoms with Crippen LogP contribution in [0.1, 0.15) is 55.5 Å². The fourth-order valence-electron chi connectivity index (χ4n) is 2.40. The Bertz CT molecular complexity index is 586. The summed E-state index contributed by atoms with van der Waals surface area (Å²) in [6.45, 7) is 6.74. The molecule has 0 heterocycles. The smallest absolute Gasteiger partial charge is 0.335 e. The molecular formula is C17H24NO4+. The number of rotatable bonds is 8. The first-order valence-corrected chi connectivity index (χ1v) is 7.46. The molecule has 0 aromatic heterocycles. The highest BCUT2D eigenvalue weighted by Gasteiger charge is 2.16. The van der Waals surface area contributed by atoms with Crippen LogP contribution in [0.3, 0.4) is 0 Å². The minimum Gasteiger partial charge on any atom is -0.481 e. The standard InChI is InChI=1S/C17H23NO4/c1-12(2)18(10-6-4-5-7-16(19)20)15-9-8-14(17(21)22)11-13(15)3/h8-9,11H,4-7,10H2,1-3H3,(H-,19,20,21,22)/p+1. The zero-order valence-corrected chi connectivity index (χ0v) is 13.4. The monoisotopic (exact) mass is 306 g/mol. The Balaban J connectivity index is 2.78. The van der Waals surface area contributed by atoms with Crippen molar-refractivity contribution in [1.29, 1.82) is 0 Å². The summed E-state index contributed by atoms with van der Waals surface area (Å²) in [5.74, 6) is -1.68. The van der Waals surface area contributed by atoms with E-state index in [1.807, 2.05) is 26.8 Å². The van der Waals surface area contributed by atoms with Gasteiger partial charge < -0.3 is 10.2 Å². The Labute approximate surface area is 130 Å². The van der Waals surface area contributed by atoms with Gasteiger partial charge in [0.15, 0.2) is 5.71 Å². The highest BCUT2D eigenvalue weighted by molar-refractivity contribution is 5.88. The average molecular weight is 306 g/mol. The average Bonchev–Trinajstić information content (AvgIpc) is 2.42. The molecule has 22 heavy (non-hydrogen) atoms. The van der Waals surface area contributed by atoms with Crippen LogP contribution in [0, 0.1) is 6.92 Å². The summed E-state index contributed by atoms with van der Waals surface area (Å²) in [5.41, 5.74) is 3.34. The molecule has 0 atom stereocenters. The topological polar surface area (TPSA) is 77.6 Å². The van der Waals surface area contributed by atoms with Gasteiger partial charge in [-0.15, -0.1) is 0 Å². The second kappa shape index (κ2) is 8.32. The van der Waals surface area contributed by atoms with Crippen LogP contribution in [0.15, 0.2) is 18.2 Å². The number of carboxylic acids is 2. The Morgan fingerprint density at radius 3 is 2.27 bits per heavy atom. The molecule has 1 rings (SSSR count). The number of unbranched alkanes of at least 4 members (excludes halogenated alkanes) is 2. The number of nitrogens with zero attached hydrogens (tertiary/aromatic N) is 1. The van der Waals surface area contributed by atoms with Gasteiger partial charge in [0.25, 0.3) is 0 Å². The molecule has 0 saturated carbocycles. The van der Waals surface area contributed by atoms with Crippen molar-refractivity contribution in [3.05, 3.63) is 29.3 Å². The maximum Gasteiger partial charge on any atom is 0.335 e. The van der Waals surface area contributed by atoms with Crippen molar-refractivity contribution in [1.82, 2.24) is 0 Å². The van der Waals surface area contributed by atoms with Crippen molar-refractivity contribution in [3.63, 3.8) is 0 Å². The van der Waals surface area contributed by atoms with E-state index in [1.165, 1.54) is 0 Å². The van der Waals surface area contributed by atoms with Crippen LogP contribution in [-0.2, 0) is 4.79 Å². The molecule has 120 valence electrons. The molecule has 1 aromatic rings. The molecule has 5 heteroatoms. The van der Waals surface area contributed by atoms with Crippen LogP contribution in [-0.4, -0.2) is 39.0 Å². The van der Waals surface area contributed by atoms with Gasteiger partial charge >= 0.3 is 11.9 Å². The lowest BCUT2D eigenvalue weighted by atomic mass is 10.1. The summed E-state index contributed by atoms with van der Waals surface area (Å²) in [6, 6.07) is 5.13. The SMILES string of the molecule is CC(C)=[N+](CCCCCC(=O)O)c1ccc(C(=O)O)cc1C. The van der Waals surface area contributed by atoms with E-state index in [9.17, 15) is 9.59 Å². The Morgan fingerprint density at radius 1 is 1.09 bits per heavy atom. The lowest BCUT2D eigenvalue weighted by molar-refractivity contribution is -0.443. The van der Waals surface area contributed by atoms with E-state index in [0.29, 0.717) is 6.42 Å². The Hall–Kier alpha value is -2.17. The zero-order valence-electron chi connectivity index (χ0n) is 13.4. The number of aryl methyl sites for hydroxylation is 1. The number of hydrogen-bond acceptors (Lipinski definition) is 2. The fraction of sp³-hybridized carbons (Fsp3) is 0.471. The van der Waals surface area contributed by atoms with Crippen LogP contribution < -0.4 is 0 Å². The van der Waals surface area contributed by atoms with Crippen LogP contribution >= 0.6 is 0 Å². The number of aliphatic carboxylic acids is 1. The van der Waals surface area contributed by atoms with Crippen molar-refractivity contribution in [2.45, 2.75) is 46.5 Å². The molecule has 0 unspecified atom stereocenters. The summed E-state index contributed by atoms with van der Waals surface area (Å²) < 4.78 is 2.15. The first kappa shape index (κ1) is 17.9. The molecular weight excluding hydrogens is 282 g/mol. The normalized spacial score (nSPS) is 10.3. The van der Waals surface area contributed by atoms with Gasteiger partial charge in [-0.2, -0.15) is 0 Å². The second-order valence-electron chi connectivity index (χ2n) is 5.61. The fourth-order valence-corrected chi connectivity index (χ4v) is 2.40. The van der Waals surface area contributed by atoms with Gasteiger partial charge in [-0.1, -0.05) is 0 Å². The molecule has 0 amide bonds. The first-order chi connectivity index (χ1) is 10.3. The van der Waals surface area contributed by atoms with Gasteiger partial charge in [0, 0.05) is 38.3 Å². The molecule has 2 N–H and O–H groups in total. The molecule has 0 saturated heterocycles. The number of carboxylic acid groups (broad SMARTS) is 2. The maximum absolute atomic E-state index is 11.0. The van der Waals surface area contributed by atoms with Gasteiger partial charge in [-0.05, 0) is 31.9 Å². The second-order valence-corrected chi connectivity index (χ2v) is 5.61. The summed E-state index contributed by atoms with van der Waals surface area (Å²) in [5, 5.41) is 17.7. The van der Waals surface area contributed by atoms with Crippen molar-refractivity contribution in [2.24, 2.45) is 0 Å². The minimum absolute atomic E-state index is 0.209. The third-order valence-electron chi connectivity index (χ3n) is 3.55. The molecule has 0 spiro atoms. The molecule has 1 aromatic carbocycles. The number of carbonyl (C=O) groups is 2.